The molecule has 0 radical (unpaired) electrons. The first-order chi connectivity index (χ1) is 8.72. The Hall–Kier alpha value is -1.55. The Labute approximate surface area is 116 Å². The third-order valence-electron chi connectivity index (χ3n) is 2.84. The highest BCUT2D eigenvalue weighted by Gasteiger charge is 2.11. The average molecular weight is 306 g/mol. The van der Waals surface area contributed by atoms with Crippen LogP contribution in [0.2, 0.25) is 0 Å². The molecule has 1 unspecified atom stereocenters. The highest BCUT2D eigenvalue weighted by molar-refractivity contribution is 9.10. The van der Waals surface area contributed by atoms with Crippen molar-refractivity contribution in [1.82, 2.24) is 9.55 Å². The number of hydrogen-bond donors (Lipinski definition) is 1. The quantitative estimate of drug-likeness (QED) is 0.850. The van der Waals surface area contributed by atoms with E-state index >= 15 is 0 Å². The number of rotatable bonds is 5. The Morgan fingerprint density at radius 2 is 2.17 bits per heavy atom. The zero-order valence-electron chi connectivity index (χ0n) is 10.3. The lowest BCUT2D eigenvalue weighted by Gasteiger charge is -2.17. The van der Waals surface area contributed by atoms with Gasteiger partial charge >= 0.3 is 0 Å². The molecule has 0 spiro atoms. The average Bonchev–Trinajstić information content (AvgIpc) is 2.84. The number of hydrogen-bond acceptors (Lipinski definition) is 2. The predicted molar refractivity (Wildman–Crippen MR) is 78.9 cm³/mol. The molecule has 4 heteroatoms. The molecule has 1 N–H and O–H groups in total. The van der Waals surface area contributed by atoms with E-state index in [1.165, 1.54) is 5.56 Å². The molecule has 3 nitrogen and oxygen atoms in total. The van der Waals surface area contributed by atoms with Crippen LogP contribution < -0.4 is 5.32 Å². The summed E-state index contributed by atoms with van der Waals surface area (Å²) < 4.78 is 3.21. The number of nitrogens with one attached hydrogen (secondary N) is 1. The van der Waals surface area contributed by atoms with Crippen molar-refractivity contribution in [2.45, 2.75) is 13.0 Å². The van der Waals surface area contributed by atoms with E-state index < -0.39 is 0 Å². The van der Waals surface area contributed by atoms with Gasteiger partial charge in [-0.2, -0.15) is 0 Å². The van der Waals surface area contributed by atoms with Crippen LogP contribution in [0.1, 0.15) is 18.5 Å². The fraction of sp³-hybridized carbons (Fsp3) is 0.214. The van der Waals surface area contributed by atoms with Gasteiger partial charge < -0.3 is 9.88 Å². The minimum Gasteiger partial charge on any atom is -0.352 e. The SMILES string of the molecule is C=CCNc1nccn1C(C)c1ccc(Br)cc1. The van der Waals surface area contributed by atoms with Crippen LogP contribution in [-0.2, 0) is 0 Å². The van der Waals surface area contributed by atoms with Gasteiger partial charge in [-0.25, -0.2) is 4.98 Å². The van der Waals surface area contributed by atoms with Crippen molar-refractivity contribution in [1.29, 1.82) is 0 Å². The van der Waals surface area contributed by atoms with Gasteiger partial charge in [0, 0.05) is 23.4 Å². The molecule has 1 atom stereocenters. The van der Waals surface area contributed by atoms with E-state index in [0.29, 0.717) is 6.54 Å². The summed E-state index contributed by atoms with van der Waals surface area (Å²) in [6.45, 7) is 6.57. The smallest absolute Gasteiger partial charge is 0.203 e. The fourth-order valence-corrected chi connectivity index (χ4v) is 2.09. The molecular weight excluding hydrogens is 290 g/mol. The topological polar surface area (TPSA) is 29.9 Å². The van der Waals surface area contributed by atoms with Crippen LogP contribution in [0.5, 0.6) is 0 Å². The first kappa shape index (κ1) is 12.9. The summed E-state index contributed by atoms with van der Waals surface area (Å²) in [5.74, 6) is 0.866. The molecule has 1 heterocycles. The van der Waals surface area contributed by atoms with E-state index in [2.05, 4.69) is 68.6 Å². The Morgan fingerprint density at radius 3 is 2.83 bits per heavy atom. The minimum atomic E-state index is 0.243. The first-order valence-corrected chi connectivity index (χ1v) is 6.64. The molecule has 0 aliphatic heterocycles. The molecule has 94 valence electrons. The number of anilines is 1. The second kappa shape index (κ2) is 5.87. The van der Waals surface area contributed by atoms with Crippen molar-refractivity contribution in [3.63, 3.8) is 0 Å². The zero-order valence-corrected chi connectivity index (χ0v) is 11.9. The molecule has 0 fully saturated rings. The van der Waals surface area contributed by atoms with Gasteiger partial charge in [-0.15, -0.1) is 6.58 Å². The molecule has 0 saturated carbocycles. The summed E-state index contributed by atoms with van der Waals surface area (Å²) in [5.41, 5.74) is 1.25. The van der Waals surface area contributed by atoms with E-state index in [1.54, 1.807) is 6.20 Å². The van der Waals surface area contributed by atoms with Crippen molar-refractivity contribution >= 4 is 21.9 Å². The zero-order chi connectivity index (χ0) is 13.0. The fourth-order valence-electron chi connectivity index (χ4n) is 1.83. The molecular formula is C14H16BrN3. The van der Waals surface area contributed by atoms with Gasteiger partial charge in [0.2, 0.25) is 5.95 Å². The van der Waals surface area contributed by atoms with Crippen molar-refractivity contribution in [3.8, 4) is 0 Å². The van der Waals surface area contributed by atoms with Crippen LogP contribution in [0.3, 0.4) is 0 Å². The molecule has 0 amide bonds. The summed E-state index contributed by atoms with van der Waals surface area (Å²) in [6, 6.07) is 8.59. The summed E-state index contributed by atoms with van der Waals surface area (Å²) in [5, 5.41) is 3.23. The van der Waals surface area contributed by atoms with Crippen LogP contribution in [0.4, 0.5) is 5.95 Å². The summed E-state index contributed by atoms with van der Waals surface area (Å²) in [7, 11) is 0. The monoisotopic (exact) mass is 305 g/mol. The van der Waals surface area contributed by atoms with Crippen molar-refractivity contribution in [2.75, 3.05) is 11.9 Å². The molecule has 1 aromatic carbocycles. The molecule has 2 rings (SSSR count). The second-order valence-corrected chi connectivity index (χ2v) is 4.97. The van der Waals surface area contributed by atoms with E-state index in [1.807, 2.05) is 12.3 Å². The third-order valence-corrected chi connectivity index (χ3v) is 3.37. The van der Waals surface area contributed by atoms with Crippen LogP contribution in [-0.4, -0.2) is 16.1 Å². The second-order valence-electron chi connectivity index (χ2n) is 4.06. The maximum absolute atomic E-state index is 4.31. The Balaban J connectivity index is 2.22. The van der Waals surface area contributed by atoms with Crippen molar-refractivity contribution < 1.29 is 0 Å². The van der Waals surface area contributed by atoms with Crippen LogP contribution >= 0.6 is 15.9 Å². The van der Waals surface area contributed by atoms with Gasteiger partial charge in [-0.1, -0.05) is 34.1 Å². The van der Waals surface area contributed by atoms with E-state index in [-0.39, 0.29) is 6.04 Å². The molecule has 18 heavy (non-hydrogen) atoms. The minimum absolute atomic E-state index is 0.243. The molecule has 0 aliphatic carbocycles. The molecule has 0 bridgehead atoms. The van der Waals surface area contributed by atoms with Crippen molar-refractivity contribution in [2.24, 2.45) is 0 Å². The summed E-state index contributed by atoms with van der Waals surface area (Å²) in [6.07, 6.45) is 5.61. The van der Waals surface area contributed by atoms with E-state index in [0.717, 1.165) is 10.4 Å². The summed E-state index contributed by atoms with van der Waals surface area (Å²) in [4.78, 5) is 4.31. The molecule has 2 aromatic rings. The lowest BCUT2D eigenvalue weighted by Crippen LogP contribution is -2.11. The van der Waals surface area contributed by atoms with Gasteiger partial charge in [0.1, 0.15) is 0 Å². The maximum Gasteiger partial charge on any atom is 0.203 e. The van der Waals surface area contributed by atoms with Gasteiger partial charge in [-0.05, 0) is 24.6 Å². The maximum atomic E-state index is 4.31. The molecule has 0 aliphatic rings. The molecule has 0 saturated heterocycles. The first-order valence-electron chi connectivity index (χ1n) is 5.85. The standard InChI is InChI=1S/C14H16BrN3/c1-3-8-16-14-17-9-10-18(14)11(2)12-4-6-13(15)7-5-12/h3-7,9-11H,1,8H2,2H3,(H,16,17). The van der Waals surface area contributed by atoms with E-state index in [9.17, 15) is 0 Å². The lowest BCUT2D eigenvalue weighted by molar-refractivity contribution is 0.644. The largest absolute Gasteiger partial charge is 0.352 e. The Kier molecular flexibility index (Phi) is 4.20. The van der Waals surface area contributed by atoms with Crippen LogP contribution in [0.25, 0.3) is 0 Å². The Bertz CT molecular complexity index is 516. The van der Waals surface area contributed by atoms with E-state index in [4.69, 9.17) is 0 Å². The predicted octanol–water partition coefficient (Wildman–Crippen LogP) is 3.85. The number of benzene rings is 1. The van der Waals surface area contributed by atoms with Gasteiger partial charge in [0.25, 0.3) is 0 Å². The van der Waals surface area contributed by atoms with Crippen molar-refractivity contribution in [3.05, 3.63) is 59.4 Å². The summed E-state index contributed by atoms with van der Waals surface area (Å²) >= 11 is 3.45. The molecule has 1 aromatic heterocycles. The number of imidazole rings is 1. The number of halogens is 1. The van der Waals surface area contributed by atoms with Gasteiger partial charge in [0.15, 0.2) is 0 Å². The van der Waals surface area contributed by atoms with Crippen LogP contribution in [0.15, 0.2) is 53.8 Å². The number of nitrogens with zero attached hydrogens (tertiary/aromatic N) is 2. The van der Waals surface area contributed by atoms with Gasteiger partial charge in [0.05, 0.1) is 6.04 Å². The van der Waals surface area contributed by atoms with Crippen LogP contribution in [0, 0.1) is 0 Å². The number of aromatic nitrogens is 2. The Morgan fingerprint density at radius 1 is 1.44 bits per heavy atom. The normalized spacial score (nSPS) is 12.1. The van der Waals surface area contributed by atoms with Gasteiger partial charge in [-0.3, -0.25) is 0 Å². The third kappa shape index (κ3) is 2.82. The lowest BCUT2D eigenvalue weighted by atomic mass is 10.1. The highest BCUT2D eigenvalue weighted by atomic mass is 79.9. The highest BCUT2D eigenvalue weighted by Crippen LogP contribution is 2.23.